The number of ether oxygens (including phenoxy) is 1. The second-order valence-corrected chi connectivity index (χ2v) is 7.44. The van der Waals surface area contributed by atoms with Gasteiger partial charge in [-0.25, -0.2) is 4.79 Å². The van der Waals surface area contributed by atoms with Crippen LogP contribution in [0.2, 0.25) is 0 Å². The van der Waals surface area contributed by atoms with Gasteiger partial charge in [0.15, 0.2) is 0 Å². The van der Waals surface area contributed by atoms with Crippen molar-refractivity contribution in [2.45, 2.75) is 39.5 Å². The van der Waals surface area contributed by atoms with Gasteiger partial charge in [-0.05, 0) is 38.0 Å². The molecule has 0 unspecified atom stereocenters. The molecule has 0 bridgehead atoms. The smallest absolute Gasteiger partial charge is 0.410 e. The fraction of sp³-hybridized carbons (Fsp3) is 0.381. The number of rotatable bonds is 2. The van der Waals surface area contributed by atoms with Crippen LogP contribution in [-0.2, 0) is 17.8 Å². The summed E-state index contributed by atoms with van der Waals surface area (Å²) in [6, 6.07) is 18.7. The molecule has 1 aliphatic rings. The maximum atomic E-state index is 12.5. The van der Waals surface area contributed by atoms with Crippen molar-refractivity contribution in [2.75, 3.05) is 18.0 Å². The van der Waals surface area contributed by atoms with Crippen molar-refractivity contribution in [3.05, 3.63) is 65.7 Å². The normalized spacial score (nSPS) is 14.7. The Labute approximate surface area is 150 Å². The fourth-order valence-corrected chi connectivity index (χ4v) is 3.05. The van der Waals surface area contributed by atoms with Crippen molar-refractivity contribution in [3.8, 4) is 0 Å². The molecule has 1 amide bonds. The average molecular weight is 338 g/mol. The number of amides is 1. The van der Waals surface area contributed by atoms with Crippen molar-refractivity contribution in [2.24, 2.45) is 0 Å². The molecule has 0 saturated carbocycles. The molecule has 2 aromatic rings. The molecule has 2 aromatic carbocycles. The first-order valence-corrected chi connectivity index (χ1v) is 8.77. The van der Waals surface area contributed by atoms with E-state index in [4.69, 9.17) is 4.74 Å². The van der Waals surface area contributed by atoms with Crippen molar-refractivity contribution in [3.63, 3.8) is 0 Å². The van der Waals surface area contributed by atoms with Crippen LogP contribution < -0.4 is 4.90 Å². The summed E-state index contributed by atoms with van der Waals surface area (Å²) in [5, 5.41) is 0. The molecule has 0 aliphatic carbocycles. The second kappa shape index (κ2) is 7.18. The zero-order valence-corrected chi connectivity index (χ0v) is 15.2. The van der Waals surface area contributed by atoms with Crippen molar-refractivity contribution in [1.29, 1.82) is 0 Å². The predicted molar refractivity (Wildman–Crippen MR) is 101 cm³/mol. The third kappa shape index (κ3) is 4.53. The lowest BCUT2D eigenvalue weighted by Crippen LogP contribution is -2.39. The summed E-state index contributed by atoms with van der Waals surface area (Å²) in [4.78, 5) is 16.7. The highest BCUT2D eigenvalue weighted by atomic mass is 16.6. The number of carbonyl (C=O) groups excluding carboxylic acids is 1. The monoisotopic (exact) mass is 338 g/mol. The summed E-state index contributed by atoms with van der Waals surface area (Å²) in [7, 11) is 0. The summed E-state index contributed by atoms with van der Waals surface area (Å²) in [5.41, 5.74) is 3.13. The number of fused-ring (bicyclic) bond motifs is 1. The van der Waals surface area contributed by atoms with Gasteiger partial charge in [-0.15, -0.1) is 0 Å². The molecule has 0 atom stereocenters. The lowest BCUT2D eigenvalue weighted by atomic mass is 10.1. The summed E-state index contributed by atoms with van der Waals surface area (Å²) in [6.07, 6.45) is -0.246. The van der Waals surface area contributed by atoms with Crippen molar-refractivity contribution >= 4 is 11.8 Å². The Morgan fingerprint density at radius 1 is 1.00 bits per heavy atom. The Morgan fingerprint density at radius 2 is 1.68 bits per heavy atom. The van der Waals surface area contributed by atoms with E-state index in [9.17, 15) is 4.79 Å². The minimum atomic E-state index is -0.480. The number of para-hydroxylation sites is 1. The summed E-state index contributed by atoms with van der Waals surface area (Å²) in [6.45, 7) is 8.55. The standard InChI is InChI=1S/C21H26N2O2/c1-21(2,3)25-20(24)23-14-13-22(15-17-9-5-4-6-10-17)19-12-8-7-11-18(19)16-23/h4-12H,13-16H2,1-3H3. The van der Waals surface area contributed by atoms with Gasteiger partial charge >= 0.3 is 6.09 Å². The first-order chi connectivity index (χ1) is 11.9. The molecule has 132 valence electrons. The second-order valence-electron chi connectivity index (χ2n) is 7.44. The molecule has 4 heteroatoms. The van der Waals surface area contributed by atoms with E-state index in [1.807, 2.05) is 32.9 Å². The molecule has 0 aromatic heterocycles. The van der Waals surface area contributed by atoms with Crippen LogP contribution in [0.25, 0.3) is 0 Å². The Balaban J connectivity index is 1.81. The molecule has 0 saturated heterocycles. The molecule has 25 heavy (non-hydrogen) atoms. The molecule has 0 N–H and O–H groups in total. The molecule has 1 heterocycles. The Morgan fingerprint density at radius 3 is 2.40 bits per heavy atom. The first-order valence-electron chi connectivity index (χ1n) is 8.77. The number of nitrogens with zero attached hydrogens (tertiary/aromatic N) is 2. The number of hydrogen-bond acceptors (Lipinski definition) is 3. The molecular formula is C21H26N2O2. The third-order valence-corrected chi connectivity index (χ3v) is 4.20. The largest absolute Gasteiger partial charge is 0.444 e. The van der Waals surface area contributed by atoms with Gasteiger partial charge < -0.3 is 14.5 Å². The molecule has 0 spiro atoms. The minimum absolute atomic E-state index is 0.246. The molecule has 0 radical (unpaired) electrons. The van der Waals surface area contributed by atoms with E-state index in [0.29, 0.717) is 13.1 Å². The number of carbonyl (C=O) groups is 1. The maximum Gasteiger partial charge on any atom is 0.410 e. The predicted octanol–water partition coefficient (Wildman–Crippen LogP) is 4.44. The van der Waals surface area contributed by atoms with E-state index in [2.05, 4.69) is 47.4 Å². The Hall–Kier alpha value is -2.49. The summed E-state index contributed by atoms with van der Waals surface area (Å²) in [5.74, 6) is 0. The van der Waals surface area contributed by atoms with Crippen LogP contribution in [0.1, 0.15) is 31.9 Å². The summed E-state index contributed by atoms with van der Waals surface area (Å²) < 4.78 is 5.57. The van der Waals surface area contributed by atoms with Crippen LogP contribution in [0, 0.1) is 0 Å². The highest BCUT2D eigenvalue weighted by Gasteiger charge is 2.26. The molecule has 3 rings (SSSR count). The van der Waals surface area contributed by atoms with E-state index in [-0.39, 0.29) is 6.09 Å². The molecule has 1 aliphatic heterocycles. The van der Waals surface area contributed by atoms with Gasteiger partial charge in [0.25, 0.3) is 0 Å². The van der Waals surface area contributed by atoms with Crippen LogP contribution >= 0.6 is 0 Å². The van der Waals surface area contributed by atoms with E-state index in [1.165, 1.54) is 11.3 Å². The first kappa shape index (κ1) is 17.3. The van der Waals surface area contributed by atoms with Gasteiger partial charge in [0.2, 0.25) is 0 Å². The van der Waals surface area contributed by atoms with Crippen LogP contribution in [0.3, 0.4) is 0 Å². The number of hydrogen-bond donors (Lipinski definition) is 0. The number of benzene rings is 2. The van der Waals surface area contributed by atoms with E-state index < -0.39 is 5.60 Å². The zero-order chi connectivity index (χ0) is 17.9. The van der Waals surface area contributed by atoms with Gasteiger partial charge in [-0.3, -0.25) is 0 Å². The molecular weight excluding hydrogens is 312 g/mol. The minimum Gasteiger partial charge on any atom is -0.444 e. The molecule has 4 nitrogen and oxygen atoms in total. The molecule has 0 fully saturated rings. The van der Waals surface area contributed by atoms with Gasteiger partial charge in [0, 0.05) is 25.3 Å². The highest BCUT2D eigenvalue weighted by Crippen LogP contribution is 2.27. The van der Waals surface area contributed by atoms with Crippen LogP contribution in [-0.4, -0.2) is 29.7 Å². The van der Waals surface area contributed by atoms with Gasteiger partial charge in [0.1, 0.15) is 5.60 Å². The van der Waals surface area contributed by atoms with Crippen LogP contribution in [0.15, 0.2) is 54.6 Å². The lowest BCUT2D eigenvalue weighted by molar-refractivity contribution is 0.0243. The maximum absolute atomic E-state index is 12.5. The average Bonchev–Trinajstić information content (AvgIpc) is 2.74. The number of anilines is 1. The Bertz CT molecular complexity index is 722. The topological polar surface area (TPSA) is 32.8 Å². The van der Waals surface area contributed by atoms with Crippen LogP contribution in [0.4, 0.5) is 10.5 Å². The van der Waals surface area contributed by atoms with Gasteiger partial charge in [-0.2, -0.15) is 0 Å². The summed E-state index contributed by atoms with van der Waals surface area (Å²) >= 11 is 0. The zero-order valence-electron chi connectivity index (χ0n) is 15.2. The third-order valence-electron chi connectivity index (χ3n) is 4.20. The lowest BCUT2D eigenvalue weighted by Gasteiger charge is -2.27. The van der Waals surface area contributed by atoms with E-state index >= 15 is 0 Å². The van der Waals surface area contributed by atoms with Crippen molar-refractivity contribution < 1.29 is 9.53 Å². The van der Waals surface area contributed by atoms with Gasteiger partial charge in [-0.1, -0.05) is 48.5 Å². The van der Waals surface area contributed by atoms with Gasteiger partial charge in [0.05, 0.1) is 6.54 Å². The fourth-order valence-electron chi connectivity index (χ4n) is 3.05. The Kier molecular flexibility index (Phi) is 4.98. The SMILES string of the molecule is CC(C)(C)OC(=O)N1CCN(Cc2ccccc2)c2ccccc2C1. The van der Waals surface area contributed by atoms with E-state index in [0.717, 1.165) is 18.7 Å². The van der Waals surface area contributed by atoms with Crippen LogP contribution in [0.5, 0.6) is 0 Å². The highest BCUT2D eigenvalue weighted by molar-refractivity contribution is 5.69. The van der Waals surface area contributed by atoms with Crippen molar-refractivity contribution in [1.82, 2.24) is 4.90 Å². The van der Waals surface area contributed by atoms with E-state index in [1.54, 1.807) is 4.90 Å². The quantitative estimate of drug-likeness (QED) is 0.811.